The summed E-state index contributed by atoms with van der Waals surface area (Å²) < 4.78 is 32.9. The third-order valence-corrected chi connectivity index (χ3v) is 8.59. The molecule has 0 spiro atoms. The van der Waals surface area contributed by atoms with E-state index in [1.807, 2.05) is 0 Å². The Morgan fingerprint density at radius 2 is 2.00 bits per heavy atom. The summed E-state index contributed by atoms with van der Waals surface area (Å²) in [5.41, 5.74) is 0.453. The molecule has 1 aromatic carbocycles. The summed E-state index contributed by atoms with van der Waals surface area (Å²) in [6.07, 6.45) is 0.917. The van der Waals surface area contributed by atoms with Gasteiger partial charge >= 0.3 is 6.01 Å². The second-order valence-corrected chi connectivity index (χ2v) is 11.0. The van der Waals surface area contributed by atoms with Gasteiger partial charge in [-0.25, -0.2) is 8.42 Å². The summed E-state index contributed by atoms with van der Waals surface area (Å²) >= 11 is 18.8. The van der Waals surface area contributed by atoms with E-state index in [2.05, 4.69) is 15.5 Å². The van der Waals surface area contributed by atoms with Crippen LogP contribution < -0.4 is 5.32 Å². The molecule has 1 saturated heterocycles. The van der Waals surface area contributed by atoms with E-state index in [1.54, 1.807) is 12.1 Å². The Morgan fingerprint density at radius 1 is 1.20 bits per heavy atom. The predicted molar refractivity (Wildman–Crippen MR) is 115 cm³/mol. The minimum atomic E-state index is -3.84. The highest BCUT2D eigenvalue weighted by Gasteiger charge is 2.40. The zero-order valence-corrected chi connectivity index (χ0v) is 18.9. The molecule has 2 aromatic heterocycles. The van der Waals surface area contributed by atoms with Gasteiger partial charge in [0.05, 0.1) is 14.9 Å². The number of nitrogens with one attached hydrogen (secondary N) is 1. The number of thiophene rings is 1. The van der Waals surface area contributed by atoms with Gasteiger partial charge in [0, 0.05) is 11.6 Å². The van der Waals surface area contributed by atoms with Crippen LogP contribution in [0.25, 0.3) is 11.5 Å². The molecular weight excluding hydrogens is 495 g/mol. The molecule has 0 aliphatic carbocycles. The summed E-state index contributed by atoms with van der Waals surface area (Å²) in [6, 6.07) is 6.63. The maximum absolute atomic E-state index is 12.9. The average molecular weight is 508 g/mol. The molecule has 13 heteroatoms. The topological polar surface area (TPSA) is 105 Å². The van der Waals surface area contributed by atoms with Gasteiger partial charge in [0.25, 0.3) is 15.9 Å². The molecule has 4 rings (SSSR count). The predicted octanol–water partition coefficient (Wildman–Crippen LogP) is 4.55. The Morgan fingerprint density at radius 3 is 2.70 bits per heavy atom. The Hall–Kier alpha value is -1.69. The molecule has 158 valence electrons. The van der Waals surface area contributed by atoms with E-state index in [9.17, 15) is 13.2 Å². The molecule has 0 saturated carbocycles. The van der Waals surface area contributed by atoms with Crippen LogP contribution in [0.15, 0.2) is 39.0 Å². The fourth-order valence-corrected chi connectivity index (χ4v) is 6.83. The number of nitrogens with zero attached hydrogens (tertiary/aromatic N) is 3. The van der Waals surface area contributed by atoms with E-state index in [0.29, 0.717) is 32.8 Å². The van der Waals surface area contributed by atoms with Gasteiger partial charge in [-0.15, -0.1) is 16.4 Å². The number of aromatic nitrogens is 2. The second-order valence-electron chi connectivity index (χ2n) is 6.36. The molecule has 1 aliphatic heterocycles. The number of rotatable bonds is 5. The van der Waals surface area contributed by atoms with Crippen LogP contribution in [0.2, 0.25) is 14.4 Å². The number of carbonyl (C=O) groups excluding carboxylic acids is 1. The van der Waals surface area contributed by atoms with Crippen molar-refractivity contribution in [1.82, 2.24) is 14.5 Å². The number of hydrogen-bond donors (Lipinski definition) is 1. The van der Waals surface area contributed by atoms with Crippen molar-refractivity contribution in [3.05, 3.63) is 44.7 Å². The van der Waals surface area contributed by atoms with Gasteiger partial charge in [-0.1, -0.05) is 39.9 Å². The van der Waals surface area contributed by atoms with Crippen LogP contribution in [0.5, 0.6) is 0 Å². The molecule has 30 heavy (non-hydrogen) atoms. The Bertz CT molecular complexity index is 1210. The van der Waals surface area contributed by atoms with Crippen molar-refractivity contribution in [3.8, 4) is 11.5 Å². The van der Waals surface area contributed by atoms with Gasteiger partial charge in [0.15, 0.2) is 0 Å². The number of benzene rings is 1. The van der Waals surface area contributed by atoms with Crippen LogP contribution in [0.1, 0.15) is 12.8 Å². The van der Waals surface area contributed by atoms with Crippen molar-refractivity contribution in [1.29, 1.82) is 0 Å². The van der Waals surface area contributed by atoms with Gasteiger partial charge < -0.3 is 4.42 Å². The summed E-state index contributed by atoms with van der Waals surface area (Å²) in [7, 11) is -3.84. The summed E-state index contributed by atoms with van der Waals surface area (Å²) in [5, 5.41) is 10.9. The highest BCUT2D eigenvalue weighted by atomic mass is 35.5. The smallest absolute Gasteiger partial charge is 0.322 e. The third-order valence-electron chi connectivity index (χ3n) is 4.43. The molecule has 1 N–H and O–H groups in total. The lowest BCUT2D eigenvalue weighted by molar-refractivity contribution is -0.119. The van der Waals surface area contributed by atoms with Crippen molar-refractivity contribution in [2.24, 2.45) is 0 Å². The Balaban J connectivity index is 1.52. The monoisotopic (exact) mass is 506 g/mol. The zero-order valence-electron chi connectivity index (χ0n) is 15.0. The fraction of sp³-hybridized carbons (Fsp3) is 0.235. The quantitative estimate of drug-likeness (QED) is 0.543. The van der Waals surface area contributed by atoms with E-state index in [1.165, 1.54) is 18.2 Å². The standard InChI is InChI=1S/C17H13Cl3N4O4S2/c18-9-3-4-10(11(19)8-9)16-22-23-17(28-16)21-15(25)12-2-1-7-24(12)30(26,27)14-6-5-13(20)29-14/h3-6,8,12H,1-2,7H2,(H,21,23,25). The molecule has 1 aliphatic rings. The minimum Gasteiger partial charge on any atom is -0.403 e. The van der Waals surface area contributed by atoms with Crippen LogP contribution >= 0.6 is 46.1 Å². The second kappa shape index (κ2) is 8.45. The largest absolute Gasteiger partial charge is 0.403 e. The van der Waals surface area contributed by atoms with Crippen LogP contribution in [-0.2, 0) is 14.8 Å². The summed E-state index contributed by atoms with van der Waals surface area (Å²) in [6.45, 7) is 0.228. The first-order valence-corrected chi connectivity index (χ1v) is 12.0. The molecule has 3 heterocycles. The lowest BCUT2D eigenvalue weighted by atomic mass is 10.2. The van der Waals surface area contributed by atoms with Crippen molar-refractivity contribution in [2.75, 3.05) is 11.9 Å². The zero-order chi connectivity index (χ0) is 21.5. The Kier molecular flexibility index (Phi) is 6.06. The molecular formula is C17H13Cl3N4O4S2. The number of halogens is 3. The lowest BCUT2D eigenvalue weighted by Crippen LogP contribution is -2.42. The van der Waals surface area contributed by atoms with E-state index < -0.39 is 22.0 Å². The first-order chi connectivity index (χ1) is 14.3. The molecule has 0 bridgehead atoms. The lowest BCUT2D eigenvalue weighted by Gasteiger charge is -2.21. The van der Waals surface area contributed by atoms with Gasteiger partial charge in [-0.05, 0) is 43.2 Å². The number of carbonyl (C=O) groups is 1. The highest BCUT2D eigenvalue weighted by molar-refractivity contribution is 7.91. The molecule has 1 atom stereocenters. The van der Waals surface area contributed by atoms with E-state index >= 15 is 0 Å². The number of anilines is 1. The molecule has 0 radical (unpaired) electrons. The van der Waals surface area contributed by atoms with E-state index in [-0.39, 0.29) is 22.7 Å². The maximum Gasteiger partial charge on any atom is 0.322 e. The van der Waals surface area contributed by atoms with Gasteiger partial charge in [-0.2, -0.15) is 4.31 Å². The van der Waals surface area contributed by atoms with E-state index in [0.717, 1.165) is 15.6 Å². The van der Waals surface area contributed by atoms with Gasteiger partial charge in [0.1, 0.15) is 10.3 Å². The van der Waals surface area contributed by atoms with Gasteiger partial charge in [0.2, 0.25) is 5.91 Å². The van der Waals surface area contributed by atoms with Crippen LogP contribution in [0.3, 0.4) is 0 Å². The first-order valence-electron chi connectivity index (χ1n) is 8.62. The third kappa shape index (κ3) is 4.20. The van der Waals surface area contributed by atoms with Crippen molar-refractivity contribution in [3.63, 3.8) is 0 Å². The van der Waals surface area contributed by atoms with Crippen molar-refractivity contribution in [2.45, 2.75) is 23.1 Å². The highest BCUT2D eigenvalue weighted by Crippen LogP contribution is 2.33. The van der Waals surface area contributed by atoms with Gasteiger partial charge in [-0.3, -0.25) is 10.1 Å². The van der Waals surface area contributed by atoms with E-state index in [4.69, 9.17) is 39.2 Å². The first kappa shape index (κ1) is 21.5. The van der Waals surface area contributed by atoms with Crippen LogP contribution in [-0.4, -0.2) is 41.4 Å². The average Bonchev–Trinajstić information content (AvgIpc) is 3.42. The number of hydrogen-bond acceptors (Lipinski definition) is 7. The SMILES string of the molecule is O=C(Nc1nnc(-c2ccc(Cl)cc2Cl)o1)C1CCCN1S(=O)(=O)c1ccc(Cl)s1. The molecule has 8 nitrogen and oxygen atoms in total. The maximum atomic E-state index is 12.9. The number of sulfonamides is 1. The van der Waals surface area contributed by atoms with Crippen molar-refractivity contribution >= 4 is 68.1 Å². The summed E-state index contributed by atoms with van der Waals surface area (Å²) in [4.78, 5) is 12.8. The summed E-state index contributed by atoms with van der Waals surface area (Å²) in [5.74, 6) is -0.466. The molecule has 1 fully saturated rings. The number of amides is 1. The minimum absolute atomic E-state index is 0.0876. The molecule has 1 amide bonds. The molecule has 3 aromatic rings. The van der Waals surface area contributed by atoms with Crippen LogP contribution in [0.4, 0.5) is 6.01 Å². The van der Waals surface area contributed by atoms with Crippen LogP contribution in [0, 0.1) is 0 Å². The van der Waals surface area contributed by atoms with Crippen molar-refractivity contribution < 1.29 is 17.6 Å². The molecule has 1 unspecified atom stereocenters. The Labute approximate surface area is 190 Å². The normalized spacial score (nSPS) is 17.4. The fourth-order valence-electron chi connectivity index (χ4n) is 3.08.